The van der Waals surface area contributed by atoms with Crippen molar-refractivity contribution in [1.82, 2.24) is 10.3 Å². The van der Waals surface area contributed by atoms with E-state index < -0.39 is 0 Å². The molecule has 0 spiro atoms. The van der Waals surface area contributed by atoms with Crippen LogP contribution in [0, 0.1) is 0 Å². The first-order valence-electron chi connectivity index (χ1n) is 6.29. The van der Waals surface area contributed by atoms with Crippen LogP contribution in [0.1, 0.15) is 31.0 Å². The van der Waals surface area contributed by atoms with Crippen molar-refractivity contribution in [3.8, 4) is 5.75 Å². The molecule has 2 aromatic rings. The zero-order chi connectivity index (χ0) is 13.7. The maximum atomic E-state index is 5.52. The minimum atomic E-state index is 0.153. The summed E-state index contributed by atoms with van der Waals surface area (Å²) in [6, 6.07) is 4.35. The number of halogens is 1. The van der Waals surface area contributed by atoms with Gasteiger partial charge in [-0.05, 0) is 58.0 Å². The summed E-state index contributed by atoms with van der Waals surface area (Å²) < 4.78 is 6.66. The quantitative estimate of drug-likeness (QED) is 0.862. The normalized spacial score (nSPS) is 12.4. The molecule has 1 atom stereocenters. The molecule has 2 rings (SSSR count). The topological polar surface area (TPSA) is 34.2 Å². The van der Waals surface area contributed by atoms with E-state index in [1.807, 2.05) is 13.1 Å². The van der Waals surface area contributed by atoms with E-state index in [-0.39, 0.29) is 6.04 Å². The smallest absolute Gasteiger partial charge is 0.137 e. The van der Waals surface area contributed by atoms with Crippen LogP contribution >= 0.6 is 27.3 Å². The van der Waals surface area contributed by atoms with Gasteiger partial charge in [-0.25, -0.2) is 0 Å². The summed E-state index contributed by atoms with van der Waals surface area (Å²) in [7, 11) is 0. The lowest BCUT2D eigenvalue weighted by atomic mass is 10.0. The van der Waals surface area contributed by atoms with Crippen LogP contribution in [0.5, 0.6) is 5.75 Å². The van der Waals surface area contributed by atoms with Crippen LogP contribution in [0.4, 0.5) is 0 Å². The monoisotopic (exact) mass is 340 g/mol. The fourth-order valence-electron chi connectivity index (χ4n) is 1.95. The summed E-state index contributed by atoms with van der Waals surface area (Å²) in [4.78, 5) is 4.27. The van der Waals surface area contributed by atoms with Gasteiger partial charge in [0.25, 0.3) is 0 Å². The van der Waals surface area contributed by atoms with Gasteiger partial charge in [-0.2, -0.15) is 0 Å². The fraction of sp³-hybridized carbons (Fsp3) is 0.357. The van der Waals surface area contributed by atoms with E-state index in [0.717, 1.165) is 21.6 Å². The van der Waals surface area contributed by atoms with Crippen LogP contribution in [0.15, 0.2) is 33.7 Å². The average molecular weight is 341 g/mol. The summed E-state index contributed by atoms with van der Waals surface area (Å²) in [5.74, 6) is 0.817. The SMILES string of the molecule is CCNC(c1cncc(OCC)c1)c1csc(Br)c1. The largest absolute Gasteiger partial charge is 0.492 e. The Hall–Kier alpha value is -0.910. The van der Waals surface area contributed by atoms with Crippen molar-refractivity contribution in [1.29, 1.82) is 0 Å². The molecule has 5 heteroatoms. The number of hydrogen-bond acceptors (Lipinski definition) is 4. The van der Waals surface area contributed by atoms with Crippen molar-refractivity contribution in [2.45, 2.75) is 19.9 Å². The Morgan fingerprint density at radius 3 is 2.79 bits per heavy atom. The van der Waals surface area contributed by atoms with Gasteiger partial charge in [0.2, 0.25) is 0 Å². The Morgan fingerprint density at radius 1 is 1.32 bits per heavy atom. The highest BCUT2D eigenvalue weighted by Gasteiger charge is 2.15. The van der Waals surface area contributed by atoms with Gasteiger partial charge >= 0.3 is 0 Å². The Balaban J connectivity index is 2.30. The van der Waals surface area contributed by atoms with E-state index in [1.165, 1.54) is 5.56 Å². The lowest BCUT2D eigenvalue weighted by Gasteiger charge is -2.17. The second-order valence-electron chi connectivity index (χ2n) is 4.06. The standard InChI is InChI=1S/C14H17BrN2OS/c1-3-17-14(11-6-13(15)19-9-11)10-5-12(18-4-2)8-16-7-10/h5-9,14,17H,3-4H2,1-2H3. The molecular formula is C14H17BrN2OS. The molecule has 0 fully saturated rings. The van der Waals surface area contributed by atoms with Crippen LogP contribution in [0.25, 0.3) is 0 Å². The van der Waals surface area contributed by atoms with Gasteiger partial charge in [0.05, 0.1) is 22.6 Å². The van der Waals surface area contributed by atoms with Crippen LogP contribution < -0.4 is 10.1 Å². The van der Waals surface area contributed by atoms with E-state index in [0.29, 0.717) is 6.61 Å². The summed E-state index contributed by atoms with van der Waals surface area (Å²) in [5.41, 5.74) is 2.37. The molecule has 1 N–H and O–H groups in total. The van der Waals surface area contributed by atoms with Gasteiger partial charge in [0.1, 0.15) is 5.75 Å². The number of pyridine rings is 1. The Morgan fingerprint density at radius 2 is 2.16 bits per heavy atom. The first-order valence-corrected chi connectivity index (χ1v) is 7.97. The Kier molecular flexibility index (Phi) is 5.36. The van der Waals surface area contributed by atoms with Gasteiger partial charge in [0.15, 0.2) is 0 Å². The third-order valence-electron chi connectivity index (χ3n) is 2.71. The average Bonchev–Trinajstić information content (AvgIpc) is 2.83. The molecular weight excluding hydrogens is 324 g/mol. The zero-order valence-corrected chi connectivity index (χ0v) is 13.4. The molecule has 0 saturated carbocycles. The van der Waals surface area contributed by atoms with E-state index in [2.05, 4.69) is 50.7 Å². The molecule has 1 unspecified atom stereocenters. The Bertz CT molecular complexity index is 530. The van der Waals surface area contributed by atoms with E-state index in [4.69, 9.17) is 4.74 Å². The third-order valence-corrected chi connectivity index (χ3v) is 4.23. The number of ether oxygens (including phenoxy) is 1. The van der Waals surface area contributed by atoms with Crippen LogP contribution in [-0.2, 0) is 0 Å². The molecule has 0 aliphatic rings. The molecule has 0 saturated heterocycles. The van der Waals surface area contributed by atoms with Gasteiger partial charge in [-0.3, -0.25) is 4.98 Å². The van der Waals surface area contributed by atoms with Gasteiger partial charge < -0.3 is 10.1 Å². The van der Waals surface area contributed by atoms with Crippen molar-refractivity contribution in [3.63, 3.8) is 0 Å². The van der Waals surface area contributed by atoms with E-state index in [1.54, 1.807) is 17.5 Å². The van der Waals surface area contributed by atoms with Gasteiger partial charge in [-0.15, -0.1) is 11.3 Å². The second-order valence-corrected chi connectivity index (χ2v) is 6.35. The Labute approximate surface area is 126 Å². The molecule has 3 nitrogen and oxygen atoms in total. The van der Waals surface area contributed by atoms with Crippen LogP contribution in [0.2, 0.25) is 0 Å². The maximum Gasteiger partial charge on any atom is 0.137 e. The van der Waals surface area contributed by atoms with Crippen molar-refractivity contribution in [2.24, 2.45) is 0 Å². The summed E-state index contributed by atoms with van der Waals surface area (Å²) in [6.07, 6.45) is 3.64. The molecule has 2 heterocycles. The lowest BCUT2D eigenvalue weighted by molar-refractivity contribution is 0.338. The number of thiophene rings is 1. The second kappa shape index (κ2) is 7.03. The number of hydrogen-bond donors (Lipinski definition) is 1. The van der Waals surface area contributed by atoms with Gasteiger partial charge in [-0.1, -0.05) is 6.92 Å². The summed E-state index contributed by atoms with van der Waals surface area (Å²) in [5, 5.41) is 5.65. The minimum Gasteiger partial charge on any atom is -0.492 e. The summed E-state index contributed by atoms with van der Waals surface area (Å²) in [6.45, 7) is 5.64. The number of nitrogens with one attached hydrogen (secondary N) is 1. The molecule has 19 heavy (non-hydrogen) atoms. The lowest BCUT2D eigenvalue weighted by Crippen LogP contribution is -2.21. The highest BCUT2D eigenvalue weighted by Crippen LogP contribution is 2.30. The van der Waals surface area contributed by atoms with Crippen molar-refractivity contribution < 1.29 is 4.74 Å². The minimum absolute atomic E-state index is 0.153. The van der Waals surface area contributed by atoms with Crippen LogP contribution in [0.3, 0.4) is 0 Å². The van der Waals surface area contributed by atoms with Crippen molar-refractivity contribution >= 4 is 27.3 Å². The molecule has 0 aliphatic carbocycles. The third kappa shape index (κ3) is 3.78. The molecule has 0 amide bonds. The van der Waals surface area contributed by atoms with Crippen molar-refractivity contribution in [2.75, 3.05) is 13.2 Å². The number of nitrogens with zero attached hydrogens (tertiary/aromatic N) is 1. The molecule has 2 aromatic heterocycles. The highest BCUT2D eigenvalue weighted by molar-refractivity contribution is 9.11. The molecule has 102 valence electrons. The first kappa shape index (κ1) is 14.5. The molecule has 0 radical (unpaired) electrons. The molecule has 0 aliphatic heterocycles. The molecule has 0 bridgehead atoms. The predicted octanol–water partition coefficient (Wildman–Crippen LogP) is 4.00. The number of aromatic nitrogens is 1. The van der Waals surface area contributed by atoms with Crippen molar-refractivity contribution in [3.05, 3.63) is 44.8 Å². The summed E-state index contributed by atoms with van der Waals surface area (Å²) >= 11 is 5.21. The van der Waals surface area contributed by atoms with E-state index in [9.17, 15) is 0 Å². The predicted molar refractivity (Wildman–Crippen MR) is 82.9 cm³/mol. The first-order chi connectivity index (χ1) is 9.24. The zero-order valence-electron chi connectivity index (χ0n) is 11.0. The van der Waals surface area contributed by atoms with E-state index >= 15 is 0 Å². The van der Waals surface area contributed by atoms with Gasteiger partial charge in [0, 0.05) is 6.20 Å². The highest BCUT2D eigenvalue weighted by atomic mass is 79.9. The fourth-order valence-corrected chi connectivity index (χ4v) is 3.15. The maximum absolute atomic E-state index is 5.52. The van der Waals surface area contributed by atoms with Crippen LogP contribution in [-0.4, -0.2) is 18.1 Å². The number of rotatable bonds is 6. The molecule has 0 aromatic carbocycles.